The number of aromatic carboxylic acids is 1. The standard InChI is InChI=1S/C12H12F3IN2O3/c1-18(5-4-12(13,14)15)11(21)17-9-3-2-7(16)6-8(9)10(19)20/h2-3,6H,4-5H2,1H3,(H,17,21)(H,19,20). The van der Waals surface area contributed by atoms with Crippen LogP contribution in [0.25, 0.3) is 0 Å². The quantitative estimate of drug-likeness (QED) is 0.740. The van der Waals surface area contributed by atoms with Gasteiger partial charge in [-0.15, -0.1) is 0 Å². The third-order valence-corrected chi connectivity index (χ3v) is 3.20. The van der Waals surface area contributed by atoms with Crippen LogP contribution in [0.5, 0.6) is 0 Å². The summed E-state index contributed by atoms with van der Waals surface area (Å²) in [7, 11) is 1.20. The fourth-order valence-corrected chi connectivity index (χ4v) is 1.90. The van der Waals surface area contributed by atoms with E-state index in [1.54, 1.807) is 6.07 Å². The molecule has 0 radical (unpaired) electrons. The number of alkyl halides is 3. The minimum Gasteiger partial charge on any atom is -0.478 e. The smallest absolute Gasteiger partial charge is 0.390 e. The van der Waals surface area contributed by atoms with E-state index < -0.39 is 31.1 Å². The topological polar surface area (TPSA) is 69.6 Å². The molecule has 0 aliphatic rings. The Morgan fingerprint density at radius 1 is 1.38 bits per heavy atom. The second-order valence-corrected chi connectivity index (χ2v) is 5.46. The van der Waals surface area contributed by atoms with Crippen molar-refractivity contribution in [3.63, 3.8) is 0 Å². The number of carboxylic acid groups (broad SMARTS) is 1. The van der Waals surface area contributed by atoms with Crippen LogP contribution in [0.4, 0.5) is 23.7 Å². The number of anilines is 1. The summed E-state index contributed by atoms with van der Waals surface area (Å²) in [5.41, 5.74) is -0.0914. The minimum absolute atomic E-state index is 0.0341. The fraction of sp³-hybridized carbons (Fsp3) is 0.333. The number of amides is 2. The largest absolute Gasteiger partial charge is 0.478 e. The summed E-state index contributed by atoms with van der Waals surface area (Å²) in [5.74, 6) is -1.23. The maximum atomic E-state index is 12.1. The molecule has 0 saturated heterocycles. The first-order chi connectivity index (χ1) is 9.60. The highest BCUT2D eigenvalue weighted by molar-refractivity contribution is 14.1. The normalized spacial score (nSPS) is 11.1. The van der Waals surface area contributed by atoms with Crippen molar-refractivity contribution in [2.45, 2.75) is 12.6 Å². The molecule has 21 heavy (non-hydrogen) atoms. The first-order valence-corrected chi connectivity index (χ1v) is 6.80. The van der Waals surface area contributed by atoms with E-state index in [1.807, 2.05) is 22.6 Å². The van der Waals surface area contributed by atoms with E-state index in [0.29, 0.717) is 3.57 Å². The van der Waals surface area contributed by atoms with E-state index in [2.05, 4.69) is 5.32 Å². The number of hydrogen-bond acceptors (Lipinski definition) is 2. The van der Waals surface area contributed by atoms with Crippen molar-refractivity contribution in [1.29, 1.82) is 0 Å². The molecule has 0 bridgehead atoms. The Morgan fingerprint density at radius 2 is 2.00 bits per heavy atom. The third kappa shape index (κ3) is 5.78. The fourth-order valence-electron chi connectivity index (χ4n) is 1.41. The van der Waals surface area contributed by atoms with Crippen LogP contribution in [0.3, 0.4) is 0 Å². The molecule has 0 aliphatic carbocycles. The molecule has 0 unspecified atom stereocenters. The van der Waals surface area contributed by atoms with Gasteiger partial charge >= 0.3 is 18.2 Å². The van der Waals surface area contributed by atoms with Gasteiger partial charge in [0.1, 0.15) is 0 Å². The lowest BCUT2D eigenvalue weighted by Crippen LogP contribution is -2.34. The molecular formula is C12H12F3IN2O3. The van der Waals surface area contributed by atoms with Crippen molar-refractivity contribution in [3.8, 4) is 0 Å². The monoisotopic (exact) mass is 416 g/mol. The lowest BCUT2D eigenvalue weighted by Gasteiger charge is -2.19. The summed E-state index contributed by atoms with van der Waals surface area (Å²) >= 11 is 1.91. The Labute approximate surface area is 132 Å². The van der Waals surface area contributed by atoms with E-state index >= 15 is 0 Å². The molecule has 1 aromatic carbocycles. The number of benzene rings is 1. The summed E-state index contributed by atoms with van der Waals surface area (Å²) in [5, 5.41) is 11.3. The molecule has 0 saturated carbocycles. The summed E-state index contributed by atoms with van der Waals surface area (Å²) < 4.78 is 36.9. The predicted octanol–water partition coefficient (Wildman–Crippen LogP) is 3.41. The third-order valence-electron chi connectivity index (χ3n) is 2.53. The van der Waals surface area contributed by atoms with Crippen LogP contribution in [0.2, 0.25) is 0 Å². The lowest BCUT2D eigenvalue weighted by molar-refractivity contribution is -0.135. The molecule has 2 N–H and O–H groups in total. The molecule has 0 fully saturated rings. The van der Waals surface area contributed by atoms with Crippen LogP contribution in [-0.2, 0) is 0 Å². The van der Waals surface area contributed by atoms with Crippen LogP contribution in [0.15, 0.2) is 18.2 Å². The molecule has 1 aromatic rings. The van der Waals surface area contributed by atoms with Crippen LogP contribution in [0.1, 0.15) is 16.8 Å². The molecule has 0 aromatic heterocycles. The Bertz CT molecular complexity index is 549. The second-order valence-electron chi connectivity index (χ2n) is 4.21. The van der Waals surface area contributed by atoms with Gasteiger partial charge in [-0.2, -0.15) is 13.2 Å². The number of carbonyl (C=O) groups is 2. The molecule has 0 aliphatic heterocycles. The predicted molar refractivity (Wildman–Crippen MR) is 78.4 cm³/mol. The van der Waals surface area contributed by atoms with Gasteiger partial charge in [-0.05, 0) is 40.8 Å². The molecule has 116 valence electrons. The zero-order valence-electron chi connectivity index (χ0n) is 10.9. The number of urea groups is 1. The summed E-state index contributed by atoms with van der Waals surface area (Å²) in [6, 6.07) is 3.52. The summed E-state index contributed by atoms with van der Waals surface area (Å²) in [6.45, 7) is -0.512. The SMILES string of the molecule is CN(CCC(F)(F)F)C(=O)Nc1ccc(I)cc1C(=O)O. The average Bonchev–Trinajstić information content (AvgIpc) is 2.36. The van der Waals surface area contributed by atoms with Gasteiger partial charge in [-0.1, -0.05) is 0 Å². The van der Waals surface area contributed by atoms with E-state index in [1.165, 1.54) is 19.2 Å². The Kier molecular flexibility index (Phi) is 5.81. The van der Waals surface area contributed by atoms with E-state index in [9.17, 15) is 22.8 Å². The zero-order chi connectivity index (χ0) is 16.2. The first-order valence-electron chi connectivity index (χ1n) is 5.72. The molecule has 0 heterocycles. The van der Waals surface area contributed by atoms with Gasteiger partial charge in [0, 0.05) is 17.2 Å². The van der Waals surface area contributed by atoms with Gasteiger partial charge in [0.25, 0.3) is 0 Å². The van der Waals surface area contributed by atoms with Crippen molar-refractivity contribution in [2.75, 3.05) is 18.9 Å². The number of nitrogens with zero attached hydrogens (tertiary/aromatic N) is 1. The molecular weight excluding hydrogens is 404 g/mol. The van der Waals surface area contributed by atoms with Crippen molar-refractivity contribution >= 4 is 40.3 Å². The number of rotatable bonds is 4. The van der Waals surface area contributed by atoms with Crippen molar-refractivity contribution < 1.29 is 27.9 Å². The van der Waals surface area contributed by atoms with Crippen LogP contribution in [-0.4, -0.2) is 41.8 Å². The summed E-state index contributed by atoms with van der Waals surface area (Å²) in [4.78, 5) is 23.7. The van der Waals surface area contributed by atoms with Crippen LogP contribution in [0, 0.1) is 3.57 Å². The first kappa shape index (κ1) is 17.5. The molecule has 2 amide bonds. The average molecular weight is 416 g/mol. The van der Waals surface area contributed by atoms with Gasteiger partial charge in [0.2, 0.25) is 0 Å². The second kappa shape index (κ2) is 6.96. The van der Waals surface area contributed by atoms with E-state index in [-0.39, 0.29) is 11.3 Å². The van der Waals surface area contributed by atoms with Gasteiger partial charge in [0.05, 0.1) is 17.7 Å². The molecule has 1 rings (SSSR count). The number of nitrogens with one attached hydrogen (secondary N) is 1. The highest BCUT2D eigenvalue weighted by atomic mass is 127. The molecule has 0 spiro atoms. The number of hydrogen-bond donors (Lipinski definition) is 2. The lowest BCUT2D eigenvalue weighted by atomic mass is 10.2. The van der Waals surface area contributed by atoms with Crippen LogP contribution < -0.4 is 5.32 Å². The van der Waals surface area contributed by atoms with Crippen molar-refractivity contribution in [1.82, 2.24) is 4.90 Å². The van der Waals surface area contributed by atoms with E-state index in [4.69, 9.17) is 5.11 Å². The maximum Gasteiger partial charge on any atom is 0.390 e. The minimum atomic E-state index is -4.36. The zero-order valence-corrected chi connectivity index (χ0v) is 13.0. The van der Waals surface area contributed by atoms with Crippen molar-refractivity contribution in [3.05, 3.63) is 27.3 Å². The Balaban J connectivity index is 2.77. The Hall–Kier alpha value is -1.52. The van der Waals surface area contributed by atoms with Gasteiger partial charge in [0.15, 0.2) is 0 Å². The number of carbonyl (C=O) groups excluding carboxylic acids is 1. The summed E-state index contributed by atoms with van der Waals surface area (Å²) in [6.07, 6.45) is -5.49. The Morgan fingerprint density at radius 3 is 2.52 bits per heavy atom. The highest BCUT2D eigenvalue weighted by Crippen LogP contribution is 2.21. The van der Waals surface area contributed by atoms with Gasteiger partial charge < -0.3 is 15.3 Å². The highest BCUT2D eigenvalue weighted by Gasteiger charge is 2.28. The number of halogens is 4. The van der Waals surface area contributed by atoms with Crippen LogP contribution >= 0.6 is 22.6 Å². The molecule has 5 nitrogen and oxygen atoms in total. The molecule has 0 atom stereocenters. The molecule has 9 heteroatoms. The van der Waals surface area contributed by atoms with Gasteiger partial charge in [-0.3, -0.25) is 0 Å². The van der Waals surface area contributed by atoms with Crippen molar-refractivity contribution in [2.24, 2.45) is 0 Å². The van der Waals surface area contributed by atoms with Gasteiger partial charge in [-0.25, -0.2) is 9.59 Å². The number of carboxylic acids is 1. The maximum absolute atomic E-state index is 12.1. The van der Waals surface area contributed by atoms with E-state index in [0.717, 1.165) is 4.90 Å².